The van der Waals surface area contributed by atoms with Crippen molar-refractivity contribution in [3.05, 3.63) is 36.5 Å². The summed E-state index contributed by atoms with van der Waals surface area (Å²) in [6.45, 7) is 3.39. The van der Waals surface area contributed by atoms with Gasteiger partial charge in [-0.05, 0) is 70.6 Å². The number of ether oxygens (including phenoxy) is 4. The molecule has 62 heavy (non-hydrogen) atoms. The fourth-order valence-corrected chi connectivity index (χ4v) is 7.67. The van der Waals surface area contributed by atoms with E-state index in [0.717, 1.165) is 57.8 Å². The monoisotopic (exact) mass is 879 g/mol. The normalized spacial score (nSPS) is 19.9. The number of hydrogen-bond donors (Lipinski definition) is 4. The molecule has 0 saturated carbocycles. The van der Waals surface area contributed by atoms with Gasteiger partial charge in [-0.3, -0.25) is 9.59 Å². The summed E-state index contributed by atoms with van der Waals surface area (Å²) in [5, 5.41) is 40.1. The molecule has 0 aromatic rings. The molecule has 2 unspecified atom stereocenters. The van der Waals surface area contributed by atoms with Gasteiger partial charge < -0.3 is 39.4 Å². The van der Waals surface area contributed by atoms with E-state index in [2.05, 4.69) is 50.3 Å². The fraction of sp³-hybridized carbons (Fsp3) is 0.846. The first-order chi connectivity index (χ1) is 30.3. The zero-order valence-corrected chi connectivity index (χ0v) is 39.6. The van der Waals surface area contributed by atoms with Crippen LogP contribution in [0.5, 0.6) is 0 Å². The minimum Gasteiger partial charge on any atom is -0.462 e. The topological polar surface area (TPSA) is 152 Å². The summed E-state index contributed by atoms with van der Waals surface area (Å²) in [5.74, 6) is -0.861. The second kappa shape index (κ2) is 42.8. The molecule has 1 rings (SSSR count). The first-order valence-electron chi connectivity index (χ1n) is 25.6. The molecular formula is C52H94O10. The van der Waals surface area contributed by atoms with Gasteiger partial charge in [-0.15, -0.1) is 0 Å². The molecule has 0 aromatic heterocycles. The molecule has 1 fully saturated rings. The van der Waals surface area contributed by atoms with Gasteiger partial charge >= 0.3 is 11.9 Å². The van der Waals surface area contributed by atoms with E-state index in [0.29, 0.717) is 12.8 Å². The third kappa shape index (κ3) is 33.4. The lowest BCUT2D eigenvalue weighted by molar-refractivity contribution is -0.305. The van der Waals surface area contributed by atoms with Crippen LogP contribution in [0.4, 0.5) is 0 Å². The number of rotatable bonds is 43. The number of esters is 2. The molecule has 10 nitrogen and oxygen atoms in total. The van der Waals surface area contributed by atoms with Crippen molar-refractivity contribution in [2.75, 3.05) is 19.8 Å². The van der Waals surface area contributed by atoms with Crippen molar-refractivity contribution in [3.8, 4) is 0 Å². The van der Waals surface area contributed by atoms with E-state index in [1.807, 2.05) is 0 Å². The number of unbranched alkanes of at least 4 members (excludes halogenated alkanes) is 26. The molecule has 0 radical (unpaired) electrons. The van der Waals surface area contributed by atoms with Crippen LogP contribution in [0.3, 0.4) is 0 Å². The van der Waals surface area contributed by atoms with E-state index in [1.54, 1.807) is 0 Å². The predicted molar refractivity (Wildman–Crippen MR) is 252 cm³/mol. The van der Waals surface area contributed by atoms with Gasteiger partial charge in [0.05, 0.1) is 13.2 Å². The fourth-order valence-electron chi connectivity index (χ4n) is 7.67. The van der Waals surface area contributed by atoms with Crippen molar-refractivity contribution in [2.45, 2.75) is 263 Å². The number of hydrogen-bond acceptors (Lipinski definition) is 10. The summed E-state index contributed by atoms with van der Waals surface area (Å²) < 4.78 is 22.2. The van der Waals surface area contributed by atoms with Gasteiger partial charge in [0.15, 0.2) is 12.4 Å². The number of carbonyl (C=O) groups excluding carboxylic acids is 2. The van der Waals surface area contributed by atoms with E-state index in [9.17, 15) is 30.0 Å². The van der Waals surface area contributed by atoms with Gasteiger partial charge in [-0.25, -0.2) is 0 Å². The first-order valence-corrected chi connectivity index (χ1v) is 25.6. The lowest BCUT2D eigenvalue weighted by Crippen LogP contribution is -2.59. The van der Waals surface area contributed by atoms with Crippen LogP contribution >= 0.6 is 0 Å². The predicted octanol–water partition coefficient (Wildman–Crippen LogP) is 11.8. The van der Waals surface area contributed by atoms with Crippen molar-refractivity contribution in [1.82, 2.24) is 0 Å². The highest BCUT2D eigenvalue weighted by Crippen LogP contribution is 2.23. The van der Waals surface area contributed by atoms with Gasteiger partial charge in [0.25, 0.3) is 0 Å². The molecule has 0 aromatic carbocycles. The zero-order valence-electron chi connectivity index (χ0n) is 39.6. The molecule has 6 atom stereocenters. The Morgan fingerprint density at radius 3 is 1.35 bits per heavy atom. The molecule has 4 N–H and O–H groups in total. The average Bonchev–Trinajstić information content (AvgIpc) is 3.27. The lowest BCUT2D eigenvalue weighted by Gasteiger charge is -2.39. The SMILES string of the molecule is CCCCCCC/C=C/CCCCCCCC(=O)OC[C@H](CO[C@@H]1O[C@H](CO)[C@H](O)C(O)C1O)OC(=O)CCC/C=C/CC/C=C/CCCCCCCCCCCCCCCC. The van der Waals surface area contributed by atoms with E-state index in [-0.39, 0.29) is 26.1 Å². The maximum absolute atomic E-state index is 12.8. The number of aliphatic hydroxyl groups is 4. The molecule has 362 valence electrons. The highest BCUT2D eigenvalue weighted by atomic mass is 16.7. The minimum absolute atomic E-state index is 0.169. The second-order valence-electron chi connectivity index (χ2n) is 17.6. The van der Waals surface area contributed by atoms with Crippen molar-refractivity contribution >= 4 is 11.9 Å². The summed E-state index contributed by atoms with van der Waals surface area (Å²) in [7, 11) is 0. The summed E-state index contributed by atoms with van der Waals surface area (Å²) >= 11 is 0. The number of aliphatic hydroxyl groups excluding tert-OH is 4. The summed E-state index contributed by atoms with van der Waals surface area (Å²) in [5.41, 5.74) is 0. The first kappa shape index (κ1) is 57.9. The third-order valence-electron chi connectivity index (χ3n) is 11.7. The Morgan fingerprint density at radius 1 is 0.484 bits per heavy atom. The Balaban J connectivity index is 2.28. The standard InChI is InChI=1S/C52H94O10/c1-3-5-7-9-11-13-15-17-19-20-21-22-23-24-25-26-27-29-31-33-35-37-39-41-48(55)61-45(44-60-52-51(58)50(57)49(56)46(42-53)62-52)43-59-47(54)40-38-36-34-32-30-28-18-16-14-12-10-8-6-4-2/h16,18,26-27,33,35,45-46,49-53,56-58H,3-15,17,19-25,28-32,34,36-44H2,1-2H3/b18-16+,27-26+,35-33+/t45-,46-,49+,50?,51?,52-/m1/s1. The smallest absolute Gasteiger partial charge is 0.306 e. The number of carbonyl (C=O) groups is 2. The Bertz CT molecular complexity index is 1110. The lowest BCUT2D eigenvalue weighted by atomic mass is 9.99. The number of allylic oxidation sites excluding steroid dienone is 6. The van der Waals surface area contributed by atoms with E-state index < -0.39 is 55.4 Å². The molecule has 0 bridgehead atoms. The van der Waals surface area contributed by atoms with Gasteiger partial charge in [0.2, 0.25) is 0 Å². The van der Waals surface area contributed by atoms with E-state index >= 15 is 0 Å². The van der Waals surface area contributed by atoms with Crippen LogP contribution in [0.2, 0.25) is 0 Å². The summed E-state index contributed by atoms with van der Waals surface area (Å²) in [4.78, 5) is 25.4. The van der Waals surface area contributed by atoms with E-state index in [1.165, 1.54) is 128 Å². The van der Waals surface area contributed by atoms with Gasteiger partial charge in [-0.2, -0.15) is 0 Å². The summed E-state index contributed by atoms with van der Waals surface area (Å²) in [6.07, 6.45) is 43.1. The molecule has 10 heteroatoms. The van der Waals surface area contributed by atoms with Crippen LogP contribution in [0.15, 0.2) is 36.5 Å². The van der Waals surface area contributed by atoms with Crippen molar-refractivity contribution in [1.29, 1.82) is 0 Å². The maximum atomic E-state index is 12.8. The van der Waals surface area contributed by atoms with Gasteiger partial charge in [0.1, 0.15) is 31.0 Å². The zero-order chi connectivity index (χ0) is 45.1. The molecule has 0 spiro atoms. The van der Waals surface area contributed by atoms with Crippen LogP contribution in [0.1, 0.15) is 226 Å². The van der Waals surface area contributed by atoms with Crippen molar-refractivity contribution in [3.63, 3.8) is 0 Å². The quantitative estimate of drug-likeness (QED) is 0.0265. The van der Waals surface area contributed by atoms with Gasteiger partial charge in [-0.1, -0.05) is 179 Å². The van der Waals surface area contributed by atoms with Crippen LogP contribution < -0.4 is 0 Å². The average molecular weight is 879 g/mol. The Kier molecular flexibility index (Phi) is 40.0. The van der Waals surface area contributed by atoms with Crippen LogP contribution in [-0.2, 0) is 28.5 Å². The van der Waals surface area contributed by atoms with Crippen molar-refractivity contribution < 1.29 is 49.0 Å². The van der Waals surface area contributed by atoms with Crippen molar-refractivity contribution in [2.24, 2.45) is 0 Å². The highest BCUT2D eigenvalue weighted by molar-refractivity contribution is 5.70. The second-order valence-corrected chi connectivity index (χ2v) is 17.6. The summed E-state index contributed by atoms with van der Waals surface area (Å²) in [6, 6.07) is 0. The largest absolute Gasteiger partial charge is 0.462 e. The molecule has 1 saturated heterocycles. The third-order valence-corrected chi connectivity index (χ3v) is 11.7. The minimum atomic E-state index is -1.60. The Labute approximate surface area is 378 Å². The Morgan fingerprint density at radius 2 is 0.887 bits per heavy atom. The molecule has 1 aliphatic heterocycles. The molecular weight excluding hydrogens is 785 g/mol. The van der Waals surface area contributed by atoms with Crippen LogP contribution in [0, 0.1) is 0 Å². The highest BCUT2D eigenvalue weighted by Gasteiger charge is 2.44. The molecule has 1 heterocycles. The van der Waals surface area contributed by atoms with Crippen LogP contribution in [0.25, 0.3) is 0 Å². The van der Waals surface area contributed by atoms with Crippen LogP contribution in [-0.4, -0.2) is 89.0 Å². The molecule has 1 aliphatic rings. The van der Waals surface area contributed by atoms with Gasteiger partial charge in [0, 0.05) is 12.8 Å². The molecule has 0 aliphatic carbocycles. The van der Waals surface area contributed by atoms with E-state index in [4.69, 9.17) is 18.9 Å². The molecule has 0 amide bonds. The Hall–Kier alpha value is -2.08. The maximum Gasteiger partial charge on any atom is 0.306 e.